The second-order valence-electron chi connectivity index (χ2n) is 5.06. The van der Waals surface area contributed by atoms with Crippen molar-refractivity contribution in [2.24, 2.45) is 5.41 Å². The van der Waals surface area contributed by atoms with E-state index < -0.39 is 0 Å². The fourth-order valence-corrected chi connectivity index (χ4v) is 2.08. The summed E-state index contributed by atoms with van der Waals surface area (Å²) in [4.78, 5) is 0. The molecule has 0 bridgehead atoms. The molecule has 0 spiro atoms. The van der Waals surface area contributed by atoms with Gasteiger partial charge in [0.1, 0.15) is 0 Å². The maximum Gasteiger partial charge on any atom is 0.197 e. The molecule has 0 aliphatic heterocycles. The number of hydrogen-bond acceptors (Lipinski definition) is 5. The predicted octanol–water partition coefficient (Wildman–Crippen LogP) is 2.72. The van der Waals surface area contributed by atoms with Gasteiger partial charge in [-0.2, -0.15) is 4.37 Å². The fraction of sp³-hybridized carbons (Fsp3) is 0.727. The van der Waals surface area contributed by atoms with Gasteiger partial charge in [0.25, 0.3) is 0 Å². The first-order chi connectivity index (χ1) is 7.50. The molecule has 1 fully saturated rings. The van der Waals surface area contributed by atoms with Crippen LogP contribution in [0.25, 0.3) is 0 Å². The summed E-state index contributed by atoms with van der Waals surface area (Å²) in [5, 5.41) is 4.35. The van der Waals surface area contributed by atoms with Gasteiger partial charge in [-0.25, -0.2) is 0 Å². The average Bonchev–Trinajstić information content (AvgIpc) is 2.84. The Labute approximate surface area is 100 Å². The van der Waals surface area contributed by atoms with Crippen molar-refractivity contribution in [2.75, 3.05) is 17.6 Å². The predicted molar refractivity (Wildman–Crippen MR) is 68.1 cm³/mol. The van der Waals surface area contributed by atoms with E-state index in [1.165, 1.54) is 24.4 Å². The normalized spacial score (nSPS) is 17.5. The first kappa shape index (κ1) is 11.5. The van der Waals surface area contributed by atoms with Crippen LogP contribution in [0, 0.1) is 5.41 Å². The van der Waals surface area contributed by atoms with E-state index in [1.807, 2.05) is 13.8 Å². The minimum atomic E-state index is 0.121. The van der Waals surface area contributed by atoms with E-state index in [0.29, 0.717) is 17.0 Å². The zero-order valence-corrected chi connectivity index (χ0v) is 10.9. The third-order valence-electron chi connectivity index (χ3n) is 2.81. The summed E-state index contributed by atoms with van der Waals surface area (Å²) >= 11 is 1.38. The summed E-state index contributed by atoms with van der Waals surface area (Å²) in [7, 11) is 0. The molecule has 0 unspecified atom stereocenters. The standard InChI is InChI=1S/C11H19N3OS/c1-7(2)15-8-9(12)14-16-10(8)13-6-11(3)4-5-11/h7,13H,4-6H2,1-3H3,(H2,12,14). The van der Waals surface area contributed by atoms with Crippen LogP contribution < -0.4 is 15.8 Å². The van der Waals surface area contributed by atoms with Gasteiger partial charge in [0, 0.05) is 6.54 Å². The Balaban J connectivity index is 2.02. The Morgan fingerprint density at radius 3 is 2.81 bits per heavy atom. The van der Waals surface area contributed by atoms with Crippen LogP contribution in [0.15, 0.2) is 0 Å². The van der Waals surface area contributed by atoms with Crippen molar-refractivity contribution in [3.63, 3.8) is 0 Å². The Morgan fingerprint density at radius 1 is 1.56 bits per heavy atom. The Kier molecular flexibility index (Phi) is 2.97. The summed E-state index contributed by atoms with van der Waals surface area (Å²) in [6, 6.07) is 0. The second kappa shape index (κ2) is 4.13. The molecular weight excluding hydrogens is 222 g/mol. The van der Waals surface area contributed by atoms with E-state index in [4.69, 9.17) is 10.5 Å². The summed E-state index contributed by atoms with van der Waals surface area (Å²) in [6.45, 7) is 7.24. The molecule has 4 nitrogen and oxygen atoms in total. The SMILES string of the molecule is CC(C)Oc1c(N)nsc1NCC1(C)CC1. The van der Waals surface area contributed by atoms with Gasteiger partial charge < -0.3 is 15.8 Å². The maximum absolute atomic E-state index is 5.78. The Morgan fingerprint density at radius 2 is 2.25 bits per heavy atom. The molecule has 1 saturated carbocycles. The quantitative estimate of drug-likeness (QED) is 0.832. The van der Waals surface area contributed by atoms with E-state index >= 15 is 0 Å². The molecule has 2 rings (SSSR count). The molecule has 1 heterocycles. The van der Waals surface area contributed by atoms with E-state index in [9.17, 15) is 0 Å². The number of aromatic nitrogens is 1. The average molecular weight is 241 g/mol. The third kappa shape index (κ3) is 2.58. The molecule has 1 aliphatic rings. The lowest BCUT2D eigenvalue weighted by molar-refractivity contribution is 0.245. The Bertz CT molecular complexity index is 371. The zero-order chi connectivity index (χ0) is 11.8. The van der Waals surface area contributed by atoms with Crippen molar-refractivity contribution < 1.29 is 4.74 Å². The van der Waals surface area contributed by atoms with Crippen LogP contribution >= 0.6 is 11.5 Å². The van der Waals surface area contributed by atoms with Gasteiger partial charge in [0.2, 0.25) is 0 Å². The van der Waals surface area contributed by atoms with Crippen LogP contribution in [0.2, 0.25) is 0 Å². The van der Waals surface area contributed by atoms with Crippen molar-refractivity contribution >= 4 is 22.4 Å². The van der Waals surface area contributed by atoms with Gasteiger partial charge >= 0.3 is 0 Å². The molecule has 0 saturated heterocycles. The van der Waals surface area contributed by atoms with E-state index in [-0.39, 0.29) is 6.10 Å². The lowest BCUT2D eigenvalue weighted by Crippen LogP contribution is -2.13. The summed E-state index contributed by atoms with van der Waals surface area (Å²) < 4.78 is 9.78. The summed E-state index contributed by atoms with van der Waals surface area (Å²) in [6.07, 6.45) is 2.72. The van der Waals surface area contributed by atoms with Crippen LogP contribution in [0.5, 0.6) is 5.75 Å². The molecule has 1 aliphatic carbocycles. The highest BCUT2D eigenvalue weighted by atomic mass is 32.1. The van der Waals surface area contributed by atoms with Gasteiger partial charge in [-0.15, -0.1) is 0 Å². The molecule has 16 heavy (non-hydrogen) atoms. The lowest BCUT2D eigenvalue weighted by atomic mass is 10.1. The highest BCUT2D eigenvalue weighted by molar-refractivity contribution is 7.11. The molecule has 0 radical (unpaired) electrons. The lowest BCUT2D eigenvalue weighted by Gasteiger charge is -2.13. The number of ether oxygens (including phenoxy) is 1. The number of nitrogens with one attached hydrogen (secondary N) is 1. The van der Waals surface area contributed by atoms with Crippen molar-refractivity contribution in [3.05, 3.63) is 0 Å². The molecule has 5 heteroatoms. The van der Waals surface area contributed by atoms with E-state index in [2.05, 4.69) is 16.6 Å². The van der Waals surface area contributed by atoms with Gasteiger partial charge in [-0.1, -0.05) is 6.92 Å². The minimum Gasteiger partial charge on any atom is -0.484 e. The van der Waals surface area contributed by atoms with Crippen LogP contribution in [0.4, 0.5) is 10.8 Å². The topological polar surface area (TPSA) is 60.2 Å². The molecule has 3 N–H and O–H groups in total. The molecule has 0 aromatic carbocycles. The van der Waals surface area contributed by atoms with Crippen molar-refractivity contribution in [3.8, 4) is 5.75 Å². The van der Waals surface area contributed by atoms with Gasteiger partial charge in [0.05, 0.1) is 6.10 Å². The van der Waals surface area contributed by atoms with E-state index in [1.54, 1.807) is 0 Å². The van der Waals surface area contributed by atoms with Crippen LogP contribution in [0.1, 0.15) is 33.6 Å². The highest BCUT2D eigenvalue weighted by Gasteiger charge is 2.37. The first-order valence-electron chi connectivity index (χ1n) is 5.66. The fourth-order valence-electron chi connectivity index (χ4n) is 1.44. The Hall–Kier alpha value is -0.970. The number of nitrogens with zero attached hydrogens (tertiary/aromatic N) is 1. The third-order valence-corrected chi connectivity index (χ3v) is 3.61. The van der Waals surface area contributed by atoms with Gasteiger partial charge in [-0.05, 0) is 43.6 Å². The molecule has 1 aromatic rings. The molecule has 0 atom stereocenters. The monoisotopic (exact) mass is 241 g/mol. The number of anilines is 2. The second-order valence-corrected chi connectivity index (χ2v) is 5.83. The smallest absolute Gasteiger partial charge is 0.197 e. The largest absolute Gasteiger partial charge is 0.484 e. The summed E-state index contributed by atoms with van der Waals surface area (Å²) in [5.74, 6) is 1.20. The molecule has 90 valence electrons. The van der Waals surface area contributed by atoms with Crippen molar-refractivity contribution in [1.29, 1.82) is 0 Å². The van der Waals surface area contributed by atoms with Crippen molar-refractivity contribution in [2.45, 2.75) is 39.7 Å². The number of rotatable bonds is 5. The maximum atomic E-state index is 5.78. The van der Waals surface area contributed by atoms with Crippen LogP contribution in [0.3, 0.4) is 0 Å². The molecule has 1 aromatic heterocycles. The number of hydrogen-bond donors (Lipinski definition) is 2. The molecular formula is C11H19N3OS. The van der Waals surface area contributed by atoms with Gasteiger partial charge in [-0.3, -0.25) is 0 Å². The van der Waals surface area contributed by atoms with Crippen LogP contribution in [-0.4, -0.2) is 17.0 Å². The molecule has 0 amide bonds. The summed E-state index contributed by atoms with van der Waals surface area (Å²) in [5.41, 5.74) is 6.25. The van der Waals surface area contributed by atoms with Gasteiger partial charge in [0.15, 0.2) is 16.6 Å². The first-order valence-corrected chi connectivity index (χ1v) is 6.43. The number of nitrogen functional groups attached to an aromatic ring is 1. The minimum absolute atomic E-state index is 0.121. The number of nitrogens with two attached hydrogens (primary N) is 1. The van der Waals surface area contributed by atoms with Crippen molar-refractivity contribution in [1.82, 2.24) is 4.37 Å². The van der Waals surface area contributed by atoms with Crippen LogP contribution in [-0.2, 0) is 0 Å². The zero-order valence-electron chi connectivity index (χ0n) is 10.0. The highest BCUT2D eigenvalue weighted by Crippen LogP contribution is 2.46. The van der Waals surface area contributed by atoms with E-state index in [0.717, 1.165) is 11.5 Å².